The van der Waals surface area contributed by atoms with Gasteiger partial charge in [-0.25, -0.2) is 0 Å². The molecular formula is C26H31N3O3. The molecule has 1 saturated heterocycles. The number of anilines is 1. The van der Waals surface area contributed by atoms with E-state index in [4.69, 9.17) is 4.74 Å². The zero-order chi connectivity index (χ0) is 22.3. The van der Waals surface area contributed by atoms with Crippen molar-refractivity contribution < 1.29 is 14.3 Å². The molecule has 0 radical (unpaired) electrons. The summed E-state index contributed by atoms with van der Waals surface area (Å²) in [5.41, 5.74) is 1.89. The second kappa shape index (κ2) is 10.5. The standard InChI is InChI=1S/C26H31N3O3/c1-2-21-11-6-7-15-29(21)16-8-14-27-25(30)20-12-13-23-22(18-20)28-26(31)24(32-23)17-19-9-4-3-5-10-19/h3-5,9-10,12-13,17-18,21H,2,6-8,11,14-16H2,1H3,(H,27,30)(H,28,31)/b24-17+/t21-/m1/s1. The number of carbonyl (C=O) groups excluding carboxylic acids is 2. The molecule has 0 saturated carbocycles. The van der Waals surface area contributed by atoms with Gasteiger partial charge in [0.15, 0.2) is 11.5 Å². The van der Waals surface area contributed by atoms with E-state index in [0.29, 0.717) is 29.6 Å². The maximum absolute atomic E-state index is 12.6. The molecule has 32 heavy (non-hydrogen) atoms. The zero-order valence-corrected chi connectivity index (χ0v) is 18.6. The van der Waals surface area contributed by atoms with Gasteiger partial charge >= 0.3 is 0 Å². The molecule has 0 unspecified atom stereocenters. The molecule has 0 aliphatic carbocycles. The van der Waals surface area contributed by atoms with E-state index in [0.717, 1.165) is 25.1 Å². The molecule has 0 aromatic heterocycles. The van der Waals surface area contributed by atoms with Crippen LogP contribution in [0.4, 0.5) is 5.69 Å². The summed E-state index contributed by atoms with van der Waals surface area (Å²) >= 11 is 0. The molecule has 0 bridgehead atoms. The third-order valence-corrected chi connectivity index (χ3v) is 6.16. The first kappa shape index (κ1) is 22.1. The van der Waals surface area contributed by atoms with E-state index < -0.39 is 0 Å². The SMILES string of the molecule is CC[C@@H]1CCCCN1CCCNC(=O)c1ccc2c(c1)NC(=O)/C(=C\c1ccccc1)O2. The van der Waals surface area contributed by atoms with E-state index in [1.54, 1.807) is 24.3 Å². The lowest BCUT2D eigenvalue weighted by atomic mass is 10.00. The van der Waals surface area contributed by atoms with Crippen LogP contribution in [-0.4, -0.2) is 42.4 Å². The fraction of sp³-hybridized carbons (Fsp3) is 0.385. The Morgan fingerprint density at radius 1 is 1.22 bits per heavy atom. The van der Waals surface area contributed by atoms with E-state index in [1.807, 2.05) is 30.3 Å². The first-order valence-electron chi connectivity index (χ1n) is 11.6. The van der Waals surface area contributed by atoms with Crippen molar-refractivity contribution in [2.45, 2.75) is 45.1 Å². The van der Waals surface area contributed by atoms with E-state index in [2.05, 4.69) is 22.5 Å². The van der Waals surface area contributed by atoms with Gasteiger partial charge in [0.05, 0.1) is 5.69 Å². The molecule has 2 amide bonds. The Kier molecular flexibility index (Phi) is 7.22. The van der Waals surface area contributed by atoms with Crippen molar-refractivity contribution in [1.82, 2.24) is 10.2 Å². The Morgan fingerprint density at radius 3 is 2.88 bits per heavy atom. The quantitative estimate of drug-likeness (QED) is 0.500. The molecule has 2 aliphatic heterocycles. The van der Waals surface area contributed by atoms with Crippen molar-refractivity contribution in [2.75, 3.05) is 25.0 Å². The van der Waals surface area contributed by atoms with Crippen LogP contribution in [0.15, 0.2) is 54.3 Å². The number of piperidine rings is 1. The van der Waals surface area contributed by atoms with E-state index >= 15 is 0 Å². The molecule has 1 fully saturated rings. The van der Waals surface area contributed by atoms with Crippen LogP contribution in [0, 0.1) is 0 Å². The zero-order valence-electron chi connectivity index (χ0n) is 18.6. The lowest BCUT2D eigenvalue weighted by Gasteiger charge is -2.35. The van der Waals surface area contributed by atoms with Crippen molar-refractivity contribution in [2.24, 2.45) is 0 Å². The summed E-state index contributed by atoms with van der Waals surface area (Å²) in [6.45, 7) is 5.07. The Balaban J connectivity index is 1.32. The Morgan fingerprint density at radius 2 is 2.06 bits per heavy atom. The molecule has 2 aliphatic rings. The van der Waals surface area contributed by atoms with Gasteiger partial charge in [0, 0.05) is 24.7 Å². The van der Waals surface area contributed by atoms with Crippen molar-refractivity contribution in [3.8, 4) is 5.75 Å². The smallest absolute Gasteiger partial charge is 0.291 e. The molecule has 0 spiro atoms. The largest absolute Gasteiger partial charge is 0.449 e. The maximum Gasteiger partial charge on any atom is 0.291 e. The van der Waals surface area contributed by atoms with E-state index in [9.17, 15) is 9.59 Å². The molecule has 6 heteroatoms. The van der Waals surface area contributed by atoms with Crippen LogP contribution in [0.3, 0.4) is 0 Å². The lowest BCUT2D eigenvalue weighted by Crippen LogP contribution is -2.40. The minimum Gasteiger partial charge on any atom is -0.449 e. The summed E-state index contributed by atoms with van der Waals surface area (Å²) in [5, 5.41) is 5.83. The number of fused-ring (bicyclic) bond motifs is 1. The molecule has 2 aromatic rings. The molecule has 2 heterocycles. The fourth-order valence-corrected chi connectivity index (χ4v) is 4.41. The van der Waals surface area contributed by atoms with Crippen LogP contribution >= 0.6 is 0 Å². The number of ether oxygens (including phenoxy) is 1. The number of nitrogens with zero attached hydrogens (tertiary/aromatic N) is 1. The van der Waals surface area contributed by atoms with Gasteiger partial charge in [0.2, 0.25) is 0 Å². The molecule has 2 aromatic carbocycles. The number of benzene rings is 2. The number of nitrogens with one attached hydrogen (secondary N) is 2. The molecule has 1 atom stereocenters. The molecule has 4 rings (SSSR count). The highest BCUT2D eigenvalue weighted by Gasteiger charge is 2.23. The Bertz CT molecular complexity index is 987. The van der Waals surface area contributed by atoms with Gasteiger partial charge in [-0.15, -0.1) is 0 Å². The average Bonchev–Trinajstić information content (AvgIpc) is 2.82. The second-order valence-electron chi connectivity index (χ2n) is 8.39. The van der Waals surface area contributed by atoms with Crippen LogP contribution in [-0.2, 0) is 4.79 Å². The second-order valence-corrected chi connectivity index (χ2v) is 8.39. The van der Waals surface area contributed by atoms with Crippen molar-refractivity contribution in [3.63, 3.8) is 0 Å². The first-order valence-corrected chi connectivity index (χ1v) is 11.6. The van der Waals surface area contributed by atoms with Crippen molar-refractivity contribution in [3.05, 3.63) is 65.4 Å². The Labute approximate surface area is 189 Å². The number of rotatable bonds is 7. The third-order valence-electron chi connectivity index (χ3n) is 6.16. The highest BCUT2D eigenvalue weighted by Crippen LogP contribution is 2.32. The normalized spacial score (nSPS) is 19.7. The fourth-order valence-electron chi connectivity index (χ4n) is 4.41. The van der Waals surface area contributed by atoms with Gasteiger partial charge < -0.3 is 20.3 Å². The molecule has 6 nitrogen and oxygen atoms in total. The number of carbonyl (C=O) groups is 2. The highest BCUT2D eigenvalue weighted by atomic mass is 16.5. The molecule has 168 valence electrons. The predicted molar refractivity (Wildman–Crippen MR) is 127 cm³/mol. The monoisotopic (exact) mass is 433 g/mol. The van der Waals surface area contributed by atoms with Gasteiger partial charge in [0.25, 0.3) is 11.8 Å². The highest BCUT2D eigenvalue weighted by molar-refractivity contribution is 6.09. The lowest BCUT2D eigenvalue weighted by molar-refractivity contribution is -0.115. The van der Waals surface area contributed by atoms with Crippen molar-refractivity contribution in [1.29, 1.82) is 0 Å². The van der Waals surface area contributed by atoms with Gasteiger partial charge in [-0.3, -0.25) is 9.59 Å². The summed E-state index contributed by atoms with van der Waals surface area (Å²) in [6, 6.07) is 15.3. The van der Waals surface area contributed by atoms with E-state index in [-0.39, 0.29) is 17.6 Å². The summed E-state index contributed by atoms with van der Waals surface area (Å²) < 4.78 is 5.78. The number of hydrogen-bond acceptors (Lipinski definition) is 4. The number of amides is 2. The first-order chi connectivity index (χ1) is 15.6. The van der Waals surface area contributed by atoms with Crippen LogP contribution in [0.1, 0.15) is 54.9 Å². The van der Waals surface area contributed by atoms with Gasteiger partial charge in [-0.05, 0) is 62.1 Å². The average molecular weight is 434 g/mol. The van der Waals surface area contributed by atoms with Gasteiger partial charge in [0.1, 0.15) is 0 Å². The van der Waals surface area contributed by atoms with Crippen LogP contribution < -0.4 is 15.4 Å². The predicted octanol–water partition coefficient (Wildman–Crippen LogP) is 4.44. The van der Waals surface area contributed by atoms with Gasteiger partial charge in [-0.1, -0.05) is 43.7 Å². The molecule has 2 N–H and O–H groups in total. The molecular weight excluding hydrogens is 402 g/mol. The topological polar surface area (TPSA) is 70.7 Å². The summed E-state index contributed by atoms with van der Waals surface area (Å²) in [4.78, 5) is 27.6. The number of hydrogen-bond donors (Lipinski definition) is 2. The Hall–Kier alpha value is -3.12. The van der Waals surface area contributed by atoms with Crippen molar-refractivity contribution >= 4 is 23.6 Å². The minimum atomic E-state index is -0.328. The van der Waals surface area contributed by atoms with Gasteiger partial charge in [-0.2, -0.15) is 0 Å². The third kappa shape index (κ3) is 5.37. The van der Waals surface area contributed by atoms with E-state index in [1.165, 1.54) is 25.7 Å². The summed E-state index contributed by atoms with van der Waals surface area (Å²) in [7, 11) is 0. The van der Waals surface area contributed by atoms with Crippen LogP contribution in [0.25, 0.3) is 6.08 Å². The summed E-state index contributed by atoms with van der Waals surface area (Å²) in [6.07, 6.45) is 7.71. The minimum absolute atomic E-state index is 0.140. The van der Waals surface area contributed by atoms with Crippen LogP contribution in [0.5, 0.6) is 5.75 Å². The van der Waals surface area contributed by atoms with Crippen LogP contribution in [0.2, 0.25) is 0 Å². The summed E-state index contributed by atoms with van der Waals surface area (Å²) in [5.74, 6) is 0.285. The number of likely N-dealkylation sites (tertiary alicyclic amines) is 1. The maximum atomic E-state index is 12.6.